The molecule has 10 heteroatoms. The Hall–Kier alpha value is -4.05. The molecule has 1 aliphatic heterocycles. The lowest BCUT2D eigenvalue weighted by molar-refractivity contribution is 0.0601. The molecular weight excluding hydrogens is 546 g/mol. The molecule has 2 amide bonds. The van der Waals surface area contributed by atoms with Crippen molar-refractivity contribution in [3.05, 3.63) is 66.1 Å². The number of hydrogen-bond acceptors (Lipinski definition) is 7. The van der Waals surface area contributed by atoms with Gasteiger partial charge < -0.3 is 34.3 Å². The van der Waals surface area contributed by atoms with Gasteiger partial charge in [0.05, 0.1) is 44.4 Å². The van der Waals surface area contributed by atoms with Gasteiger partial charge in [0, 0.05) is 43.7 Å². The third kappa shape index (κ3) is 7.13. The van der Waals surface area contributed by atoms with Gasteiger partial charge in [-0.15, -0.1) is 0 Å². The van der Waals surface area contributed by atoms with Crippen molar-refractivity contribution in [1.82, 2.24) is 25.1 Å². The zero-order valence-corrected chi connectivity index (χ0v) is 25.4. The molecule has 1 saturated heterocycles. The molecule has 2 fully saturated rings. The van der Waals surface area contributed by atoms with E-state index in [1.165, 1.54) is 0 Å². The van der Waals surface area contributed by atoms with E-state index in [4.69, 9.17) is 19.2 Å². The summed E-state index contributed by atoms with van der Waals surface area (Å²) >= 11 is 0. The zero-order chi connectivity index (χ0) is 30.2. The summed E-state index contributed by atoms with van der Waals surface area (Å²) in [4.78, 5) is 33.3. The summed E-state index contributed by atoms with van der Waals surface area (Å²) in [6.07, 6.45) is 5.81. The maximum absolute atomic E-state index is 14.3. The number of nitrogens with one attached hydrogen (secondary N) is 2. The summed E-state index contributed by atoms with van der Waals surface area (Å²) in [6.45, 7) is 6.56. The SMILES string of the molecule is CCOC(=O)N[C@H]1CCCC[C@@H]1n1cnc(C(=O)N2CCNC[C@H]2CCOc2ccc(C)c(OC)c2)c1-c1ccccc1. The van der Waals surface area contributed by atoms with Crippen LogP contribution in [-0.2, 0) is 4.74 Å². The molecule has 3 aromatic rings. The van der Waals surface area contributed by atoms with Crippen molar-refractivity contribution >= 4 is 12.0 Å². The van der Waals surface area contributed by atoms with Gasteiger partial charge >= 0.3 is 6.09 Å². The lowest BCUT2D eigenvalue weighted by Crippen LogP contribution is -2.54. The fourth-order valence-corrected chi connectivity index (χ4v) is 6.21. The molecule has 230 valence electrons. The minimum atomic E-state index is -0.410. The molecule has 0 radical (unpaired) electrons. The van der Waals surface area contributed by atoms with E-state index in [0.29, 0.717) is 45.0 Å². The Morgan fingerprint density at radius 1 is 1.12 bits per heavy atom. The van der Waals surface area contributed by atoms with Gasteiger partial charge in [0.1, 0.15) is 11.5 Å². The molecule has 10 nitrogen and oxygen atoms in total. The highest BCUT2D eigenvalue weighted by Gasteiger charge is 2.35. The van der Waals surface area contributed by atoms with Gasteiger partial charge in [0.15, 0.2) is 5.69 Å². The fraction of sp³-hybridized carbons (Fsp3) is 0.485. The molecule has 1 aliphatic carbocycles. The molecule has 43 heavy (non-hydrogen) atoms. The Bertz CT molecular complexity index is 1380. The van der Waals surface area contributed by atoms with Crippen molar-refractivity contribution in [3.63, 3.8) is 0 Å². The van der Waals surface area contributed by atoms with Crippen molar-refractivity contribution < 1.29 is 23.8 Å². The van der Waals surface area contributed by atoms with Crippen LogP contribution in [0.4, 0.5) is 4.79 Å². The van der Waals surface area contributed by atoms with Crippen molar-refractivity contribution in [3.8, 4) is 22.8 Å². The monoisotopic (exact) mass is 589 g/mol. The molecule has 2 heterocycles. The average molecular weight is 590 g/mol. The highest BCUT2D eigenvalue weighted by molar-refractivity contribution is 5.98. The van der Waals surface area contributed by atoms with Gasteiger partial charge in [0.2, 0.25) is 0 Å². The number of benzene rings is 2. The maximum atomic E-state index is 14.3. The second kappa shape index (κ2) is 14.4. The minimum absolute atomic E-state index is 0.0406. The summed E-state index contributed by atoms with van der Waals surface area (Å²) < 4.78 is 18.8. The van der Waals surface area contributed by atoms with E-state index < -0.39 is 6.09 Å². The molecule has 2 aliphatic rings. The highest BCUT2D eigenvalue weighted by atomic mass is 16.5. The number of methoxy groups -OCH3 is 1. The predicted octanol–water partition coefficient (Wildman–Crippen LogP) is 4.98. The summed E-state index contributed by atoms with van der Waals surface area (Å²) in [5.41, 5.74) is 3.19. The summed E-state index contributed by atoms with van der Waals surface area (Å²) in [7, 11) is 1.65. The van der Waals surface area contributed by atoms with Crippen LogP contribution >= 0.6 is 0 Å². The first kappa shape index (κ1) is 30.4. The zero-order valence-electron chi connectivity index (χ0n) is 25.4. The van der Waals surface area contributed by atoms with Crippen LogP contribution in [-0.4, -0.2) is 78.5 Å². The molecule has 0 bridgehead atoms. The molecule has 2 N–H and O–H groups in total. The Balaban J connectivity index is 1.38. The van der Waals surface area contributed by atoms with Crippen LogP contribution in [0.5, 0.6) is 11.5 Å². The van der Waals surface area contributed by atoms with Crippen molar-refractivity contribution in [1.29, 1.82) is 0 Å². The number of amides is 2. The molecule has 0 unspecified atom stereocenters. The molecule has 1 aromatic heterocycles. The first-order valence-electron chi connectivity index (χ1n) is 15.3. The third-order valence-electron chi connectivity index (χ3n) is 8.42. The molecule has 2 aromatic carbocycles. The molecular formula is C33H43N5O5. The topological polar surface area (TPSA) is 107 Å². The molecule has 0 spiro atoms. The van der Waals surface area contributed by atoms with E-state index in [1.807, 2.05) is 60.4 Å². The van der Waals surface area contributed by atoms with Gasteiger partial charge in [0.25, 0.3) is 5.91 Å². The van der Waals surface area contributed by atoms with E-state index in [2.05, 4.69) is 15.2 Å². The number of carbonyl (C=O) groups is 2. The van der Waals surface area contributed by atoms with E-state index in [9.17, 15) is 9.59 Å². The highest BCUT2D eigenvalue weighted by Crippen LogP contribution is 2.35. The Kier molecular flexibility index (Phi) is 10.2. The van der Waals surface area contributed by atoms with Gasteiger partial charge in [-0.1, -0.05) is 49.2 Å². The number of aromatic nitrogens is 2. The van der Waals surface area contributed by atoms with Gasteiger partial charge in [-0.2, -0.15) is 0 Å². The van der Waals surface area contributed by atoms with E-state index in [-0.39, 0.29) is 24.0 Å². The van der Waals surface area contributed by atoms with Crippen molar-refractivity contribution in [2.45, 2.75) is 64.1 Å². The number of imidazole rings is 1. The van der Waals surface area contributed by atoms with E-state index >= 15 is 0 Å². The van der Waals surface area contributed by atoms with Gasteiger partial charge in [-0.25, -0.2) is 9.78 Å². The number of alkyl carbamates (subject to hydrolysis) is 1. The first-order valence-corrected chi connectivity index (χ1v) is 15.3. The Morgan fingerprint density at radius 3 is 2.72 bits per heavy atom. The lowest BCUT2D eigenvalue weighted by atomic mass is 9.89. The first-order chi connectivity index (χ1) is 21.0. The van der Waals surface area contributed by atoms with Crippen LogP contribution in [0.15, 0.2) is 54.9 Å². The van der Waals surface area contributed by atoms with Crippen LogP contribution in [0.3, 0.4) is 0 Å². The molecule has 5 rings (SSSR count). The largest absolute Gasteiger partial charge is 0.496 e. The summed E-state index contributed by atoms with van der Waals surface area (Å²) in [5.74, 6) is 1.44. The maximum Gasteiger partial charge on any atom is 0.407 e. The van der Waals surface area contributed by atoms with Gasteiger partial charge in [-0.05, 0) is 38.3 Å². The number of aryl methyl sites for hydroxylation is 1. The van der Waals surface area contributed by atoms with Crippen LogP contribution in [0.25, 0.3) is 11.3 Å². The minimum Gasteiger partial charge on any atom is -0.496 e. The van der Waals surface area contributed by atoms with Gasteiger partial charge in [-0.3, -0.25) is 4.79 Å². The summed E-state index contributed by atoms with van der Waals surface area (Å²) in [6, 6.07) is 15.6. The standard InChI is InChI=1S/C33H43N5O5/c1-4-42-33(40)36-27-12-8-9-13-28(27)38-22-35-30(31(38)24-10-6-5-7-11-24)32(39)37-18-17-34-21-25(37)16-19-43-26-15-14-23(2)29(20-26)41-3/h5-7,10-11,14-15,20,22,25,27-28,34H,4,8-9,12-13,16-19,21H2,1-3H3,(H,36,40)/t25-,27+,28+/m1/s1. The van der Waals surface area contributed by atoms with E-state index in [1.54, 1.807) is 20.4 Å². The number of hydrogen-bond donors (Lipinski definition) is 2. The third-order valence-corrected chi connectivity index (χ3v) is 8.42. The van der Waals surface area contributed by atoms with Crippen LogP contribution in [0, 0.1) is 6.92 Å². The van der Waals surface area contributed by atoms with Crippen molar-refractivity contribution in [2.75, 3.05) is 40.0 Å². The number of rotatable bonds is 10. The normalized spacial score (nSPS) is 20.3. The summed E-state index contributed by atoms with van der Waals surface area (Å²) in [5, 5.41) is 6.50. The number of piperazine rings is 1. The predicted molar refractivity (Wildman–Crippen MR) is 165 cm³/mol. The van der Waals surface area contributed by atoms with Crippen LogP contribution in [0.2, 0.25) is 0 Å². The van der Waals surface area contributed by atoms with Crippen LogP contribution < -0.4 is 20.1 Å². The van der Waals surface area contributed by atoms with Crippen molar-refractivity contribution in [2.24, 2.45) is 0 Å². The quantitative estimate of drug-likeness (QED) is 0.344. The number of ether oxygens (including phenoxy) is 3. The average Bonchev–Trinajstić information content (AvgIpc) is 3.47. The second-order valence-corrected chi connectivity index (χ2v) is 11.2. The lowest BCUT2D eigenvalue weighted by Gasteiger charge is -2.36. The van der Waals surface area contributed by atoms with E-state index in [0.717, 1.165) is 54.0 Å². The fourth-order valence-electron chi connectivity index (χ4n) is 6.21. The smallest absolute Gasteiger partial charge is 0.407 e. The molecule has 1 saturated carbocycles. The number of nitrogens with zero attached hydrogens (tertiary/aromatic N) is 3. The molecule has 3 atom stereocenters. The Morgan fingerprint density at radius 2 is 1.93 bits per heavy atom. The second-order valence-electron chi connectivity index (χ2n) is 11.2. The number of carbonyl (C=O) groups excluding carboxylic acids is 2. The Labute approximate surface area is 253 Å². The van der Waals surface area contributed by atoms with Crippen LogP contribution in [0.1, 0.15) is 61.1 Å².